The number of benzene rings is 2. The van der Waals surface area contributed by atoms with Gasteiger partial charge in [0, 0.05) is 17.3 Å². The highest BCUT2D eigenvalue weighted by Crippen LogP contribution is 2.33. The summed E-state index contributed by atoms with van der Waals surface area (Å²) in [7, 11) is 1.70. The standard InChI is InChI=1S/C26H29N3O3.ClH/c1-32-25-14-21(19-5-3-2-4-6-19)11-12-22(25)16-29-17-23(15-28-29)20-9-7-18(8-10-20)13-24(27)26(30)31;/h2-6,9,11-12,14-15,17-18,24H,7-8,10,13,16,27H2,1H3,(H,30,31);1H. The van der Waals surface area contributed by atoms with E-state index in [4.69, 9.17) is 15.6 Å². The predicted octanol–water partition coefficient (Wildman–Crippen LogP) is 5.01. The maximum Gasteiger partial charge on any atom is 0.320 e. The maximum absolute atomic E-state index is 11.0. The molecular weight excluding hydrogens is 438 g/mol. The van der Waals surface area contributed by atoms with Crippen LogP contribution in [0.5, 0.6) is 5.75 Å². The molecule has 2 aromatic carbocycles. The minimum atomic E-state index is -0.923. The first-order valence-electron chi connectivity index (χ1n) is 11.0. The average Bonchev–Trinajstić information content (AvgIpc) is 3.29. The number of aromatic nitrogens is 2. The number of allylic oxidation sites excluding steroid dienone is 2. The smallest absolute Gasteiger partial charge is 0.320 e. The number of carbonyl (C=O) groups is 1. The molecule has 0 amide bonds. The first-order valence-corrected chi connectivity index (χ1v) is 11.0. The Kier molecular flexibility index (Phi) is 8.31. The SMILES string of the molecule is COc1cc(-c2ccccc2)ccc1Cn1cc(C2=CCC(CC(N)C(=O)O)CC2)cn1.Cl. The summed E-state index contributed by atoms with van der Waals surface area (Å²) in [6.07, 6.45) is 9.43. The van der Waals surface area contributed by atoms with Gasteiger partial charge in [0.2, 0.25) is 0 Å². The molecular formula is C26H30ClN3O3. The fourth-order valence-electron chi connectivity index (χ4n) is 4.30. The number of nitrogens with two attached hydrogens (primary N) is 1. The van der Waals surface area contributed by atoms with Gasteiger partial charge in [0.25, 0.3) is 0 Å². The number of hydrogen-bond donors (Lipinski definition) is 2. The molecule has 1 aliphatic carbocycles. The Labute approximate surface area is 200 Å². The molecule has 0 spiro atoms. The van der Waals surface area contributed by atoms with Gasteiger partial charge in [-0.1, -0.05) is 48.5 Å². The van der Waals surface area contributed by atoms with Crippen LogP contribution in [0.3, 0.4) is 0 Å². The van der Waals surface area contributed by atoms with Gasteiger partial charge in [0.1, 0.15) is 11.8 Å². The summed E-state index contributed by atoms with van der Waals surface area (Å²) in [6, 6.07) is 15.8. The number of methoxy groups -OCH3 is 1. The van der Waals surface area contributed by atoms with Gasteiger partial charge in [0.05, 0.1) is 19.9 Å². The number of carboxylic acid groups (broad SMARTS) is 1. The van der Waals surface area contributed by atoms with Crippen molar-refractivity contribution in [3.05, 3.63) is 78.1 Å². The third-order valence-electron chi connectivity index (χ3n) is 6.15. The lowest BCUT2D eigenvalue weighted by molar-refractivity contribution is -0.138. The number of carboxylic acids is 1. The molecule has 1 aromatic heterocycles. The van der Waals surface area contributed by atoms with Crippen molar-refractivity contribution in [2.45, 2.75) is 38.3 Å². The van der Waals surface area contributed by atoms with Gasteiger partial charge in [-0.15, -0.1) is 12.4 Å². The quantitative estimate of drug-likeness (QED) is 0.485. The van der Waals surface area contributed by atoms with Crippen molar-refractivity contribution in [1.29, 1.82) is 0 Å². The molecule has 3 aromatic rings. The van der Waals surface area contributed by atoms with Crippen molar-refractivity contribution in [1.82, 2.24) is 9.78 Å². The second-order valence-electron chi connectivity index (χ2n) is 8.37. The number of halogens is 1. The van der Waals surface area contributed by atoms with Gasteiger partial charge in [-0.25, -0.2) is 0 Å². The molecule has 4 rings (SSSR count). The topological polar surface area (TPSA) is 90.4 Å². The van der Waals surface area contributed by atoms with Crippen LogP contribution < -0.4 is 10.5 Å². The Bertz CT molecular complexity index is 1110. The Hall–Kier alpha value is -3.09. The molecule has 33 heavy (non-hydrogen) atoms. The third-order valence-corrected chi connectivity index (χ3v) is 6.15. The Morgan fingerprint density at radius 1 is 1.21 bits per heavy atom. The summed E-state index contributed by atoms with van der Waals surface area (Å²) in [6.45, 7) is 0.627. The van der Waals surface area contributed by atoms with E-state index in [0.29, 0.717) is 18.9 Å². The Morgan fingerprint density at radius 3 is 2.67 bits per heavy atom. The van der Waals surface area contributed by atoms with E-state index >= 15 is 0 Å². The van der Waals surface area contributed by atoms with Crippen molar-refractivity contribution < 1.29 is 14.6 Å². The third kappa shape index (κ3) is 6.03. The van der Waals surface area contributed by atoms with Crippen LogP contribution in [0.1, 0.15) is 36.8 Å². The highest BCUT2D eigenvalue weighted by molar-refractivity contribution is 5.85. The zero-order chi connectivity index (χ0) is 22.5. The molecule has 7 heteroatoms. The molecule has 0 saturated carbocycles. The van der Waals surface area contributed by atoms with Crippen molar-refractivity contribution in [2.75, 3.05) is 7.11 Å². The monoisotopic (exact) mass is 467 g/mol. The molecule has 2 atom stereocenters. The van der Waals surface area contributed by atoms with Crippen molar-refractivity contribution in [3.63, 3.8) is 0 Å². The largest absolute Gasteiger partial charge is 0.496 e. The van der Waals surface area contributed by atoms with E-state index in [0.717, 1.165) is 47.3 Å². The van der Waals surface area contributed by atoms with E-state index in [2.05, 4.69) is 47.7 Å². The molecule has 0 radical (unpaired) electrons. The van der Waals surface area contributed by atoms with Gasteiger partial charge in [-0.05, 0) is 54.4 Å². The van der Waals surface area contributed by atoms with E-state index in [9.17, 15) is 4.79 Å². The van der Waals surface area contributed by atoms with Crippen LogP contribution in [0.15, 0.2) is 67.0 Å². The van der Waals surface area contributed by atoms with Gasteiger partial charge < -0.3 is 15.6 Å². The van der Waals surface area contributed by atoms with Gasteiger partial charge >= 0.3 is 5.97 Å². The van der Waals surface area contributed by atoms with Crippen LogP contribution in [0.4, 0.5) is 0 Å². The lowest BCUT2D eigenvalue weighted by Gasteiger charge is -2.22. The van der Waals surface area contributed by atoms with E-state index in [-0.39, 0.29) is 12.4 Å². The van der Waals surface area contributed by atoms with Crippen LogP contribution in [0.25, 0.3) is 16.7 Å². The van der Waals surface area contributed by atoms with Crippen molar-refractivity contribution >= 4 is 23.9 Å². The first-order chi connectivity index (χ1) is 15.5. The zero-order valence-electron chi connectivity index (χ0n) is 18.7. The Morgan fingerprint density at radius 2 is 2.00 bits per heavy atom. The van der Waals surface area contributed by atoms with E-state index in [1.807, 2.05) is 29.1 Å². The molecule has 174 valence electrons. The number of nitrogens with zero attached hydrogens (tertiary/aromatic N) is 2. The van der Waals surface area contributed by atoms with Crippen molar-refractivity contribution in [2.24, 2.45) is 11.7 Å². The van der Waals surface area contributed by atoms with Crippen LogP contribution in [-0.2, 0) is 11.3 Å². The highest BCUT2D eigenvalue weighted by Gasteiger charge is 2.22. The van der Waals surface area contributed by atoms with Gasteiger partial charge in [-0.2, -0.15) is 5.10 Å². The summed E-state index contributed by atoms with van der Waals surface area (Å²) in [5.41, 5.74) is 11.4. The van der Waals surface area contributed by atoms with Crippen LogP contribution in [0.2, 0.25) is 0 Å². The average molecular weight is 468 g/mol. The predicted molar refractivity (Wildman–Crippen MR) is 133 cm³/mol. The van der Waals surface area contributed by atoms with Crippen LogP contribution in [-0.4, -0.2) is 34.0 Å². The molecule has 3 N–H and O–H groups in total. The van der Waals surface area contributed by atoms with Gasteiger partial charge in [0.15, 0.2) is 0 Å². The lowest BCUT2D eigenvalue weighted by Crippen LogP contribution is -2.32. The molecule has 1 heterocycles. The maximum atomic E-state index is 11.0. The molecule has 0 bridgehead atoms. The number of rotatable bonds is 8. The second-order valence-corrected chi connectivity index (χ2v) is 8.37. The number of hydrogen-bond acceptors (Lipinski definition) is 4. The molecule has 1 aliphatic rings. The second kappa shape index (κ2) is 11.2. The van der Waals surface area contributed by atoms with E-state index in [1.165, 1.54) is 5.57 Å². The van der Waals surface area contributed by atoms with E-state index < -0.39 is 12.0 Å². The molecule has 0 fully saturated rings. The first kappa shape index (κ1) is 24.6. The summed E-state index contributed by atoms with van der Waals surface area (Å²) in [5, 5.41) is 13.6. The molecule has 0 aliphatic heterocycles. The van der Waals surface area contributed by atoms with Crippen molar-refractivity contribution in [3.8, 4) is 16.9 Å². The number of ether oxygens (including phenoxy) is 1. The summed E-state index contributed by atoms with van der Waals surface area (Å²) in [5.74, 6) is 0.249. The summed E-state index contributed by atoms with van der Waals surface area (Å²) in [4.78, 5) is 11.0. The molecule has 0 saturated heterocycles. The minimum absolute atomic E-state index is 0. The normalized spacial score (nSPS) is 16.4. The molecule has 2 unspecified atom stereocenters. The summed E-state index contributed by atoms with van der Waals surface area (Å²) < 4.78 is 7.59. The Balaban J connectivity index is 0.00000306. The lowest BCUT2D eigenvalue weighted by atomic mass is 9.84. The van der Waals surface area contributed by atoms with Crippen LogP contribution >= 0.6 is 12.4 Å². The van der Waals surface area contributed by atoms with Crippen LogP contribution in [0, 0.1) is 5.92 Å². The zero-order valence-corrected chi connectivity index (χ0v) is 19.5. The fraction of sp³-hybridized carbons (Fsp3) is 0.308. The molecule has 6 nitrogen and oxygen atoms in total. The fourth-order valence-corrected chi connectivity index (χ4v) is 4.30. The number of aliphatic carboxylic acids is 1. The minimum Gasteiger partial charge on any atom is -0.496 e. The highest BCUT2D eigenvalue weighted by atomic mass is 35.5. The van der Waals surface area contributed by atoms with Gasteiger partial charge in [-0.3, -0.25) is 9.48 Å². The summed E-state index contributed by atoms with van der Waals surface area (Å²) >= 11 is 0. The van der Waals surface area contributed by atoms with E-state index in [1.54, 1.807) is 7.11 Å².